The Morgan fingerprint density at radius 1 is 1.50 bits per heavy atom. The molecular formula is C9H10Br2N2O. The first-order valence-electron chi connectivity index (χ1n) is 4.29. The summed E-state index contributed by atoms with van der Waals surface area (Å²) in [5, 5.41) is 0. The Balaban J connectivity index is 2.11. The maximum absolute atomic E-state index is 5.21. The first-order valence-corrected chi connectivity index (χ1v) is 5.88. The topological polar surface area (TPSA) is 25.4 Å². The van der Waals surface area contributed by atoms with Gasteiger partial charge < -0.3 is 9.64 Å². The van der Waals surface area contributed by atoms with Crippen LogP contribution in [0.3, 0.4) is 0 Å². The number of anilines is 1. The second kappa shape index (κ2) is 4.16. The third kappa shape index (κ3) is 1.94. The van der Waals surface area contributed by atoms with Crippen LogP contribution in [0.4, 0.5) is 5.82 Å². The minimum absolute atomic E-state index is 0.354. The SMILES string of the molecule is COC1CN(c2ncc(Br)cc2Br)C1. The molecule has 2 heterocycles. The van der Waals surface area contributed by atoms with Gasteiger partial charge in [-0.05, 0) is 37.9 Å². The third-order valence-electron chi connectivity index (χ3n) is 2.27. The predicted molar refractivity (Wildman–Crippen MR) is 62.6 cm³/mol. The molecule has 1 fully saturated rings. The van der Waals surface area contributed by atoms with Crippen LogP contribution in [0.15, 0.2) is 21.2 Å². The zero-order valence-corrected chi connectivity index (χ0v) is 10.9. The molecule has 0 spiro atoms. The number of hydrogen-bond donors (Lipinski definition) is 0. The second-order valence-corrected chi connectivity index (χ2v) is 4.99. The first kappa shape index (κ1) is 10.4. The molecular weight excluding hydrogens is 312 g/mol. The molecule has 14 heavy (non-hydrogen) atoms. The van der Waals surface area contributed by atoms with E-state index >= 15 is 0 Å². The summed E-state index contributed by atoms with van der Waals surface area (Å²) in [6, 6.07) is 2.00. The van der Waals surface area contributed by atoms with Gasteiger partial charge in [-0.15, -0.1) is 0 Å². The van der Waals surface area contributed by atoms with E-state index in [1.807, 2.05) is 6.07 Å². The molecule has 0 atom stereocenters. The Morgan fingerprint density at radius 3 is 2.79 bits per heavy atom. The highest BCUT2D eigenvalue weighted by molar-refractivity contribution is 9.11. The van der Waals surface area contributed by atoms with Gasteiger partial charge in [0.2, 0.25) is 0 Å². The number of pyridine rings is 1. The third-order valence-corrected chi connectivity index (χ3v) is 3.29. The summed E-state index contributed by atoms with van der Waals surface area (Å²) in [6.07, 6.45) is 2.16. The summed E-state index contributed by atoms with van der Waals surface area (Å²) >= 11 is 6.86. The Kier molecular flexibility index (Phi) is 3.09. The minimum atomic E-state index is 0.354. The van der Waals surface area contributed by atoms with E-state index in [2.05, 4.69) is 41.7 Å². The monoisotopic (exact) mass is 320 g/mol. The van der Waals surface area contributed by atoms with E-state index in [0.717, 1.165) is 27.9 Å². The van der Waals surface area contributed by atoms with Crippen LogP contribution in [-0.2, 0) is 4.74 Å². The van der Waals surface area contributed by atoms with E-state index in [1.165, 1.54) is 0 Å². The summed E-state index contributed by atoms with van der Waals surface area (Å²) in [7, 11) is 1.74. The van der Waals surface area contributed by atoms with Crippen molar-refractivity contribution in [1.29, 1.82) is 0 Å². The van der Waals surface area contributed by atoms with Crippen molar-refractivity contribution in [2.24, 2.45) is 0 Å². The summed E-state index contributed by atoms with van der Waals surface area (Å²) < 4.78 is 7.21. The van der Waals surface area contributed by atoms with Crippen molar-refractivity contribution in [2.75, 3.05) is 25.1 Å². The van der Waals surface area contributed by atoms with E-state index < -0.39 is 0 Å². The number of rotatable bonds is 2. The van der Waals surface area contributed by atoms with Crippen molar-refractivity contribution >= 4 is 37.7 Å². The molecule has 0 bridgehead atoms. The fourth-order valence-electron chi connectivity index (χ4n) is 1.40. The molecule has 5 heteroatoms. The molecule has 0 aromatic carbocycles. The number of halogens is 2. The van der Waals surface area contributed by atoms with Gasteiger partial charge in [0.25, 0.3) is 0 Å². The lowest BCUT2D eigenvalue weighted by molar-refractivity contribution is 0.0782. The van der Waals surface area contributed by atoms with E-state index in [0.29, 0.717) is 6.10 Å². The van der Waals surface area contributed by atoms with Crippen molar-refractivity contribution in [3.05, 3.63) is 21.2 Å². The fraction of sp³-hybridized carbons (Fsp3) is 0.444. The molecule has 1 aliphatic rings. The van der Waals surface area contributed by atoms with Crippen LogP contribution in [0.1, 0.15) is 0 Å². The molecule has 76 valence electrons. The zero-order valence-electron chi connectivity index (χ0n) is 7.70. The molecule has 1 aromatic heterocycles. The van der Waals surface area contributed by atoms with Gasteiger partial charge in [0, 0.05) is 30.9 Å². The van der Waals surface area contributed by atoms with E-state index in [-0.39, 0.29) is 0 Å². The zero-order chi connectivity index (χ0) is 10.1. The van der Waals surface area contributed by atoms with Crippen LogP contribution in [0.5, 0.6) is 0 Å². The summed E-state index contributed by atoms with van der Waals surface area (Å²) in [4.78, 5) is 6.53. The number of nitrogens with zero attached hydrogens (tertiary/aromatic N) is 2. The van der Waals surface area contributed by atoms with E-state index in [1.54, 1.807) is 13.3 Å². The van der Waals surface area contributed by atoms with Gasteiger partial charge in [-0.25, -0.2) is 4.98 Å². The molecule has 0 amide bonds. The average molecular weight is 322 g/mol. The number of methoxy groups -OCH3 is 1. The quantitative estimate of drug-likeness (QED) is 0.836. The molecule has 0 aliphatic carbocycles. The van der Waals surface area contributed by atoms with Crippen LogP contribution in [-0.4, -0.2) is 31.3 Å². The highest BCUT2D eigenvalue weighted by atomic mass is 79.9. The highest BCUT2D eigenvalue weighted by Crippen LogP contribution is 2.29. The number of aromatic nitrogens is 1. The normalized spacial score (nSPS) is 16.9. The molecule has 2 rings (SSSR count). The van der Waals surface area contributed by atoms with Crippen LogP contribution < -0.4 is 4.90 Å². The fourth-order valence-corrected chi connectivity index (χ4v) is 2.64. The van der Waals surface area contributed by atoms with Crippen LogP contribution in [0.25, 0.3) is 0 Å². The maximum atomic E-state index is 5.21. The Hall–Kier alpha value is -0.130. The van der Waals surface area contributed by atoms with Crippen molar-refractivity contribution < 1.29 is 4.74 Å². The van der Waals surface area contributed by atoms with Gasteiger partial charge >= 0.3 is 0 Å². The Morgan fingerprint density at radius 2 is 2.21 bits per heavy atom. The molecule has 1 aliphatic heterocycles. The van der Waals surface area contributed by atoms with Gasteiger partial charge in [-0.2, -0.15) is 0 Å². The van der Waals surface area contributed by atoms with Gasteiger partial charge in [0.1, 0.15) is 5.82 Å². The molecule has 0 saturated carbocycles. The predicted octanol–water partition coefficient (Wildman–Crippen LogP) is 2.44. The van der Waals surface area contributed by atoms with Crippen molar-refractivity contribution in [3.8, 4) is 0 Å². The minimum Gasteiger partial charge on any atom is -0.378 e. The van der Waals surface area contributed by atoms with Gasteiger partial charge in [-0.3, -0.25) is 0 Å². The van der Waals surface area contributed by atoms with Crippen LogP contribution in [0.2, 0.25) is 0 Å². The lowest BCUT2D eigenvalue weighted by Gasteiger charge is -2.39. The van der Waals surface area contributed by atoms with Gasteiger partial charge in [0.15, 0.2) is 0 Å². The van der Waals surface area contributed by atoms with Crippen LogP contribution in [0, 0.1) is 0 Å². The van der Waals surface area contributed by atoms with Crippen molar-refractivity contribution in [1.82, 2.24) is 4.98 Å². The maximum Gasteiger partial charge on any atom is 0.143 e. The van der Waals surface area contributed by atoms with Crippen molar-refractivity contribution in [3.63, 3.8) is 0 Å². The largest absolute Gasteiger partial charge is 0.378 e. The summed E-state index contributed by atoms with van der Waals surface area (Å²) in [5.74, 6) is 0.988. The number of ether oxygens (including phenoxy) is 1. The Labute approximate surface area is 99.7 Å². The highest BCUT2D eigenvalue weighted by Gasteiger charge is 2.28. The summed E-state index contributed by atoms with van der Waals surface area (Å²) in [5.41, 5.74) is 0. The van der Waals surface area contributed by atoms with Crippen molar-refractivity contribution in [2.45, 2.75) is 6.10 Å². The van der Waals surface area contributed by atoms with Crippen LogP contribution >= 0.6 is 31.9 Å². The molecule has 1 saturated heterocycles. The van der Waals surface area contributed by atoms with E-state index in [9.17, 15) is 0 Å². The first-order chi connectivity index (χ1) is 6.70. The standard InChI is InChI=1S/C9H10Br2N2O/c1-14-7-4-13(5-7)9-8(11)2-6(10)3-12-9/h2-3,7H,4-5H2,1H3. The lowest BCUT2D eigenvalue weighted by Crippen LogP contribution is -2.52. The molecule has 0 N–H and O–H groups in total. The Bertz CT molecular complexity index is 340. The van der Waals surface area contributed by atoms with E-state index in [4.69, 9.17) is 4.74 Å². The molecule has 0 radical (unpaired) electrons. The second-order valence-electron chi connectivity index (χ2n) is 3.22. The molecule has 3 nitrogen and oxygen atoms in total. The number of hydrogen-bond acceptors (Lipinski definition) is 3. The smallest absolute Gasteiger partial charge is 0.143 e. The average Bonchev–Trinajstić information content (AvgIpc) is 2.06. The molecule has 0 unspecified atom stereocenters. The van der Waals surface area contributed by atoms with Gasteiger partial charge in [0.05, 0.1) is 10.6 Å². The summed E-state index contributed by atoms with van der Waals surface area (Å²) in [6.45, 7) is 1.84. The lowest BCUT2D eigenvalue weighted by atomic mass is 10.1. The van der Waals surface area contributed by atoms with Gasteiger partial charge in [-0.1, -0.05) is 0 Å². The molecule has 1 aromatic rings.